The van der Waals surface area contributed by atoms with E-state index < -0.39 is 11.9 Å². The molecule has 0 aliphatic carbocycles. The summed E-state index contributed by atoms with van der Waals surface area (Å²) in [4.78, 5) is 19.3. The van der Waals surface area contributed by atoms with Gasteiger partial charge in [0.05, 0.1) is 12.8 Å². The van der Waals surface area contributed by atoms with E-state index in [4.69, 9.17) is 10.2 Å². The van der Waals surface area contributed by atoms with Gasteiger partial charge in [-0.1, -0.05) is 0 Å². The van der Waals surface area contributed by atoms with Crippen LogP contribution >= 0.6 is 0 Å². The Morgan fingerprint density at radius 1 is 0.909 bits per heavy atom. The summed E-state index contributed by atoms with van der Waals surface area (Å²) < 4.78 is 0. The molecule has 61 valence electrons. The minimum absolute atomic E-state index is 0. The van der Waals surface area contributed by atoms with Gasteiger partial charge in [-0.05, 0) is 0 Å². The monoisotopic (exact) mass is 229 g/mol. The van der Waals surface area contributed by atoms with Gasteiger partial charge in [-0.25, -0.2) is 0 Å². The van der Waals surface area contributed by atoms with E-state index in [0.29, 0.717) is 0 Å². The van der Waals surface area contributed by atoms with Crippen LogP contribution in [0.1, 0.15) is 12.8 Å². The van der Waals surface area contributed by atoms with Gasteiger partial charge in [0, 0.05) is 17.1 Å². The van der Waals surface area contributed by atoms with Crippen LogP contribution < -0.4 is 0 Å². The standard InChI is InChI=1S/C4H6O4.Cu.2Na.2H/c5-3(6)1-2-4(7)8;;;;;/h1-2H2,(H,5,6)(H,7,8);;;;;. The van der Waals surface area contributed by atoms with Crippen LogP contribution in [0.25, 0.3) is 0 Å². The van der Waals surface area contributed by atoms with Gasteiger partial charge in [0.25, 0.3) is 0 Å². The van der Waals surface area contributed by atoms with Crippen molar-refractivity contribution >= 4 is 71.1 Å². The molecule has 1 radical (unpaired) electrons. The second-order valence-corrected chi connectivity index (χ2v) is 1.29. The van der Waals surface area contributed by atoms with Gasteiger partial charge >= 0.3 is 71.1 Å². The van der Waals surface area contributed by atoms with Crippen LogP contribution in [0.2, 0.25) is 0 Å². The zero-order chi connectivity index (χ0) is 6.57. The van der Waals surface area contributed by atoms with Crippen molar-refractivity contribution in [3.63, 3.8) is 0 Å². The number of hydrogen-bond acceptors (Lipinski definition) is 2. The Balaban J connectivity index is -0.0000000817. The summed E-state index contributed by atoms with van der Waals surface area (Å²) in [6.45, 7) is 0. The van der Waals surface area contributed by atoms with Gasteiger partial charge in [0.2, 0.25) is 0 Å². The van der Waals surface area contributed by atoms with Gasteiger partial charge in [-0.3, -0.25) is 9.59 Å². The van der Waals surface area contributed by atoms with E-state index in [9.17, 15) is 9.59 Å². The second-order valence-electron chi connectivity index (χ2n) is 1.29. The average molecular weight is 230 g/mol. The van der Waals surface area contributed by atoms with E-state index in [1.54, 1.807) is 0 Å². The zero-order valence-electron chi connectivity index (χ0n) is 4.43. The molecular weight excluding hydrogens is 222 g/mol. The Morgan fingerprint density at radius 2 is 1.09 bits per heavy atom. The van der Waals surface area contributed by atoms with E-state index >= 15 is 0 Å². The van der Waals surface area contributed by atoms with Gasteiger partial charge in [-0.15, -0.1) is 0 Å². The summed E-state index contributed by atoms with van der Waals surface area (Å²) in [5.74, 6) is -2.15. The summed E-state index contributed by atoms with van der Waals surface area (Å²) in [5.41, 5.74) is 0. The fourth-order valence-electron chi connectivity index (χ4n) is 0.214. The fraction of sp³-hybridized carbons (Fsp3) is 0.500. The Bertz CT molecular complexity index is 105. The fourth-order valence-corrected chi connectivity index (χ4v) is 0.214. The Labute approximate surface area is 119 Å². The van der Waals surface area contributed by atoms with E-state index in [0.717, 1.165) is 0 Å². The normalized spacial score (nSPS) is 6.18. The number of carboxylic acid groups (broad SMARTS) is 2. The van der Waals surface area contributed by atoms with Crippen LogP contribution in [0.5, 0.6) is 0 Å². The molecule has 0 atom stereocenters. The van der Waals surface area contributed by atoms with Crippen molar-refractivity contribution in [3.8, 4) is 0 Å². The van der Waals surface area contributed by atoms with Gasteiger partial charge in [0.15, 0.2) is 0 Å². The molecule has 7 heteroatoms. The van der Waals surface area contributed by atoms with Crippen LogP contribution in [0.4, 0.5) is 0 Å². The number of carboxylic acids is 2. The molecule has 0 unspecified atom stereocenters. The molecule has 0 rings (SSSR count). The Kier molecular flexibility index (Phi) is 29.1. The molecule has 0 aromatic carbocycles. The summed E-state index contributed by atoms with van der Waals surface area (Å²) >= 11 is 0. The van der Waals surface area contributed by atoms with Crippen molar-refractivity contribution in [2.24, 2.45) is 0 Å². The predicted octanol–water partition coefficient (Wildman–Crippen LogP) is -1.36. The molecule has 0 fully saturated rings. The molecule has 0 amide bonds. The molecule has 0 heterocycles. The summed E-state index contributed by atoms with van der Waals surface area (Å²) in [7, 11) is 0. The third-order valence-electron chi connectivity index (χ3n) is 0.553. The molecular formula is C4H8CuNa2O4. The molecule has 0 bridgehead atoms. The van der Waals surface area contributed by atoms with Crippen molar-refractivity contribution in [2.45, 2.75) is 12.8 Å². The first-order valence-electron chi connectivity index (χ1n) is 2.06. The molecule has 0 saturated heterocycles. The van der Waals surface area contributed by atoms with Crippen molar-refractivity contribution in [1.82, 2.24) is 0 Å². The van der Waals surface area contributed by atoms with Crippen LogP contribution in [-0.2, 0) is 26.7 Å². The summed E-state index contributed by atoms with van der Waals surface area (Å²) in [5, 5.41) is 15.8. The molecule has 4 nitrogen and oxygen atoms in total. The van der Waals surface area contributed by atoms with Gasteiger partial charge < -0.3 is 10.2 Å². The first-order valence-corrected chi connectivity index (χ1v) is 2.06. The Hall–Kier alpha value is 1.46. The topological polar surface area (TPSA) is 74.6 Å². The first-order chi connectivity index (χ1) is 3.63. The number of aliphatic carboxylic acids is 2. The molecule has 0 spiro atoms. The second kappa shape index (κ2) is 14.0. The third-order valence-corrected chi connectivity index (χ3v) is 0.553. The Morgan fingerprint density at radius 3 is 1.18 bits per heavy atom. The quantitative estimate of drug-likeness (QED) is 0.586. The SMILES string of the molecule is O=C(O)CCC(=O)O.[Cu].[NaH].[NaH]. The maximum absolute atomic E-state index is 9.64. The van der Waals surface area contributed by atoms with Gasteiger partial charge in [-0.2, -0.15) is 0 Å². The van der Waals surface area contributed by atoms with Gasteiger partial charge in [0.1, 0.15) is 0 Å². The number of rotatable bonds is 3. The molecule has 0 aliphatic heterocycles. The molecule has 2 N–H and O–H groups in total. The maximum atomic E-state index is 9.64. The van der Waals surface area contributed by atoms with Crippen molar-refractivity contribution in [3.05, 3.63) is 0 Å². The van der Waals surface area contributed by atoms with E-state index in [-0.39, 0.29) is 89.0 Å². The van der Waals surface area contributed by atoms with E-state index in [1.807, 2.05) is 0 Å². The van der Waals surface area contributed by atoms with E-state index in [2.05, 4.69) is 0 Å². The predicted molar refractivity (Wildman–Crippen MR) is 38.8 cm³/mol. The molecule has 0 aromatic heterocycles. The van der Waals surface area contributed by atoms with Crippen molar-refractivity contribution in [2.75, 3.05) is 0 Å². The van der Waals surface area contributed by atoms with Crippen LogP contribution in [0.15, 0.2) is 0 Å². The average Bonchev–Trinajstić information content (AvgIpc) is 1.61. The first kappa shape index (κ1) is 22.9. The zero-order valence-corrected chi connectivity index (χ0v) is 5.37. The third kappa shape index (κ3) is 24.6. The number of hydrogen-bond donors (Lipinski definition) is 2. The van der Waals surface area contributed by atoms with E-state index in [1.165, 1.54) is 0 Å². The van der Waals surface area contributed by atoms with Crippen molar-refractivity contribution < 1.29 is 36.9 Å². The minimum atomic E-state index is -1.08. The van der Waals surface area contributed by atoms with Crippen LogP contribution in [-0.4, -0.2) is 81.3 Å². The van der Waals surface area contributed by atoms with Crippen molar-refractivity contribution in [1.29, 1.82) is 0 Å². The molecule has 11 heavy (non-hydrogen) atoms. The molecule has 0 aromatic rings. The van der Waals surface area contributed by atoms with Crippen LogP contribution in [0.3, 0.4) is 0 Å². The summed E-state index contributed by atoms with van der Waals surface area (Å²) in [6, 6.07) is 0. The molecule has 0 aliphatic rings. The number of carbonyl (C=O) groups is 2. The summed E-state index contributed by atoms with van der Waals surface area (Å²) in [6.07, 6.45) is -0.593. The molecule has 0 saturated carbocycles. The van der Waals surface area contributed by atoms with Crippen LogP contribution in [0, 0.1) is 0 Å².